The summed E-state index contributed by atoms with van der Waals surface area (Å²) in [5.41, 5.74) is 12.3. The van der Waals surface area contributed by atoms with Crippen LogP contribution in [0.3, 0.4) is 0 Å². The van der Waals surface area contributed by atoms with Crippen LogP contribution in [0, 0.1) is 0 Å². The largest absolute Gasteiger partial charge is 0.388 e. The molecule has 0 saturated carbocycles. The normalized spacial score (nSPS) is 11.4. The van der Waals surface area contributed by atoms with Crippen LogP contribution in [0.4, 0.5) is 11.4 Å². The summed E-state index contributed by atoms with van der Waals surface area (Å²) in [6, 6.07) is 59.0. The Kier molecular flexibility index (Phi) is 6.84. The number of aromatic nitrogens is 1. The SMILES string of the molecule is C=Nc1ccc(-c2cccc3c2c2ccccc2n3-c2cccc(-c3cc4ccccc4c4ccccc34)c2)cc1-c1ccccc1NC. The maximum Gasteiger partial charge on any atom is 0.0701 e. The molecule has 1 heterocycles. The number of rotatable bonds is 6. The van der Waals surface area contributed by atoms with Gasteiger partial charge in [-0.3, -0.25) is 4.99 Å². The van der Waals surface area contributed by atoms with Gasteiger partial charge in [-0.15, -0.1) is 0 Å². The van der Waals surface area contributed by atoms with Gasteiger partial charge in [0.2, 0.25) is 0 Å². The van der Waals surface area contributed by atoms with Crippen molar-refractivity contribution in [3.8, 4) is 39.1 Å². The zero-order valence-electron chi connectivity index (χ0n) is 27.2. The molecule has 49 heavy (non-hydrogen) atoms. The van der Waals surface area contributed by atoms with Gasteiger partial charge >= 0.3 is 0 Å². The summed E-state index contributed by atoms with van der Waals surface area (Å²) in [4.78, 5) is 4.40. The maximum atomic E-state index is 4.40. The van der Waals surface area contributed by atoms with E-state index in [9.17, 15) is 0 Å². The Morgan fingerprint density at radius 2 is 1.16 bits per heavy atom. The molecule has 3 heteroatoms. The molecule has 0 atom stereocenters. The molecule has 0 aliphatic carbocycles. The van der Waals surface area contributed by atoms with Crippen molar-refractivity contribution in [2.75, 3.05) is 12.4 Å². The fourth-order valence-electron chi connectivity index (χ4n) is 7.64. The summed E-state index contributed by atoms with van der Waals surface area (Å²) >= 11 is 0. The molecular formula is C46H33N3. The molecule has 0 amide bonds. The fourth-order valence-corrected chi connectivity index (χ4v) is 7.64. The molecule has 1 N–H and O–H groups in total. The molecule has 232 valence electrons. The first-order valence-corrected chi connectivity index (χ1v) is 16.7. The highest BCUT2D eigenvalue weighted by molar-refractivity contribution is 6.17. The third kappa shape index (κ3) is 4.62. The van der Waals surface area contributed by atoms with Crippen molar-refractivity contribution in [3.63, 3.8) is 0 Å². The van der Waals surface area contributed by atoms with Crippen LogP contribution < -0.4 is 5.32 Å². The fraction of sp³-hybridized carbons (Fsp3) is 0.0217. The van der Waals surface area contributed by atoms with Crippen LogP contribution in [0.15, 0.2) is 169 Å². The quantitative estimate of drug-likeness (QED) is 0.144. The van der Waals surface area contributed by atoms with E-state index in [0.717, 1.165) is 33.8 Å². The Morgan fingerprint density at radius 3 is 2.02 bits per heavy atom. The summed E-state index contributed by atoms with van der Waals surface area (Å²) in [6.45, 7) is 3.89. The average Bonchev–Trinajstić information content (AvgIpc) is 3.52. The topological polar surface area (TPSA) is 29.3 Å². The van der Waals surface area contributed by atoms with Crippen LogP contribution in [0.5, 0.6) is 0 Å². The van der Waals surface area contributed by atoms with Gasteiger partial charge in [0, 0.05) is 40.3 Å². The van der Waals surface area contributed by atoms with Crippen molar-refractivity contribution in [2.45, 2.75) is 0 Å². The second kappa shape index (κ2) is 11.7. The first-order valence-electron chi connectivity index (χ1n) is 16.7. The van der Waals surface area contributed by atoms with E-state index in [4.69, 9.17) is 0 Å². The summed E-state index contributed by atoms with van der Waals surface area (Å²) in [7, 11) is 1.96. The van der Waals surface area contributed by atoms with Crippen molar-refractivity contribution in [3.05, 3.63) is 164 Å². The molecule has 0 radical (unpaired) electrons. The Labute approximate surface area is 285 Å². The van der Waals surface area contributed by atoms with E-state index < -0.39 is 0 Å². The van der Waals surface area contributed by atoms with Gasteiger partial charge in [0.15, 0.2) is 0 Å². The van der Waals surface area contributed by atoms with Crippen LogP contribution in [0.25, 0.3) is 82.4 Å². The number of fused-ring (bicyclic) bond motifs is 6. The molecule has 0 aliphatic rings. The molecule has 0 bridgehead atoms. The van der Waals surface area contributed by atoms with Gasteiger partial charge in [-0.2, -0.15) is 0 Å². The van der Waals surface area contributed by atoms with Gasteiger partial charge in [-0.05, 0) is 99.0 Å². The van der Waals surface area contributed by atoms with Crippen LogP contribution in [0.1, 0.15) is 0 Å². The molecule has 0 unspecified atom stereocenters. The molecule has 0 fully saturated rings. The maximum absolute atomic E-state index is 4.40. The van der Waals surface area contributed by atoms with Crippen molar-refractivity contribution < 1.29 is 0 Å². The summed E-state index contributed by atoms with van der Waals surface area (Å²) in [6.07, 6.45) is 0. The van der Waals surface area contributed by atoms with Crippen molar-refractivity contribution in [2.24, 2.45) is 4.99 Å². The second-order valence-corrected chi connectivity index (χ2v) is 12.5. The Bertz CT molecular complexity index is 2730. The molecule has 1 aromatic heterocycles. The van der Waals surface area contributed by atoms with E-state index in [2.05, 4.69) is 179 Å². The zero-order valence-corrected chi connectivity index (χ0v) is 27.2. The van der Waals surface area contributed by atoms with Crippen LogP contribution in [0.2, 0.25) is 0 Å². The third-order valence-corrected chi connectivity index (χ3v) is 9.85. The molecular weight excluding hydrogens is 595 g/mol. The van der Waals surface area contributed by atoms with Gasteiger partial charge in [0.25, 0.3) is 0 Å². The highest BCUT2D eigenvalue weighted by atomic mass is 15.0. The van der Waals surface area contributed by atoms with Crippen molar-refractivity contribution >= 4 is 61.4 Å². The Hall–Kier alpha value is -6.45. The molecule has 0 saturated heterocycles. The summed E-state index contributed by atoms with van der Waals surface area (Å²) in [5.74, 6) is 0. The number of hydrogen-bond donors (Lipinski definition) is 1. The van der Waals surface area contributed by atoms with Crippen molar-refractivity contribution in [1.29, 1.82) is 0 Å². The second-order valence-electron chi connectivity index (χ2n) is 12.5. The van der Waals surface area contributed by atoms with Crippen LogP contribution in [-0.4, -0.2) is 18.3 Å². The molecule has 0 spiro atoms. The predicted octanol–water partition coefficient (Wildman–Crippen LogP) is 12.5. The number of hydrogen-bond acceptors (Lipinski definition) is 2. The highest BCUT2D eigenvalue weighted by Crippen LogP contribution is 2.43. The van der Waals surface area contributed by atoms with E-state index in [1.54, 1.807) is 0 Å². The van der Waals surface area contributed by atoms with E-state index >= 15 is 0 Å². The number of nitrogens with one attached hydrogen (secondary N) is 1. The van der Waals surface area contributed by atoms with Crippen LogP contribution in [-0.2, 0) is 0 Å². The molecule has 0 aliphatic heterocycles. The lowest BCUT2D eigenvalue weighted by Crippen LogP contribution is -1.95. The van der Waals surface area contributed by atoms with Gasteiger partial charge in [0.1, 0.15) is 0 Å². The third-order valence-electron chi connectivity index (χ3n) is 9.85. The lowest BCUT2D eigenvalue weighted by Gasteiger charge is -2.15. The standard InChI is InChI=1S/C46H33N3/c1-47-42-22-9-7-19-38(42)41-29-32(25-26-43(41)48-2)35-21-12-24-45-46(35)39-20-8-10-23-44(39)49(45)33-15-11-14-30(27-33)40-28-31-13-3-4-16-34(31)36-17-5-6-18-37(36)40/h3-29,47H,2H2,1H3. The first-order chi connectivity index (χ1) is 24.2. The van der Waals surface area contributed by atoms with Gasteiger partial charge in [-0.25, -0.2) is 0 Å². The lowest BCUT2D eigenvalue weighted by molar-refractivity contribution is 1.18. The molecule has 3 nitrogen and oxygen atoms in total. The Balaban J connectivity index is 1.27. The molecule has 8 aromatic carbocycles. The minimum absolute atomic E-state index is 0.860. The zero-order chi connectivity index (χ0) is 32.9. The minimum Gasteiger partial charge on any atom is -0.388 e. The predicted molar refractivity (Wildman–Crippen MR) is 211 cm³/mol. The first kappa shape index (κ1) is 28.7. The van der Waals surface area contributed by atoms with Gasteiger partial charge in [-0.1, -0.05) is 115 Å². The molecule has 9 aromatic rings. The number of aliphatic imine (C=N–C) groups is 1. The minimum atomic E-state index is 0.860. The number of para-hydroxylation sites is 2. The van der Waals surface area contributed by atoms with E-state index in [0.29, 0.717) is 0 Å². The summed E-state index contributed by atoms with van der Waals surface area (Å²) < 4.78 is 2.41. The number of benzene rings is 8. The Morgan fingerprint density at radius 1 is 0.490 bits per heavy atom. The average molecular weight is 628 g/mol. The monoisotopic (exact) mass is 627 g/mol. The summed E-state index contributed by atoms with van der Waals surface area (Å²) in [5, 5.41) is 10.9. The van der Waals surface area contributed by atoms with Crippen LogP contribution >= 0.6 is 0 Å². The van der Waals surface area contributed by atoms with Gasteiger partial charge < -0.3 is 9.88 Å². The molecule has 9 rings (SSSR count). The highest BCUT2D eigenvalue weighted by Gasteiger charge is 2.18. The number of anilines is 1. The lowest BCUT2D eigenvalue weighted by atomic mass is 9.93. The van der Waals surface area contributed by atoms with Gasteiger partial charge in [0.05, 0.1) is 16.7 Å². The van der Waals surface area contributed by atoms with E-state index in [1.165, 1.54) is 60.0 Å². The smallest absolute Gasteiger partial charge is 0.0701 e. The van der Waals surface area contributed by atoms with E-state index in [-0.39, 0.29) is 0 Å². The number of nitrogens with zero attached hydrogens (tertiary/aromatic N) is 2. The van der Waals surface area contributed by atoms with E-state index in [1.807, 2.05) is 13.1 Å². The van der Waals surface area contributed by atoms with Crippen molar-refractivity contribution in [1.82, 2.24) is 4.57 Å².